The first-order valence-corrected chi connectivity index (χ1v) is 12.2. The van der Waals surface area contributed by atoms with Crippen molar-refractivity contribution in [2.45, 2.75) is 6.92 Å². The number of nitrogens with two attached hydrogens (primary N) is 1. The Morgan fingerprint density at radius 1 is 1.08 bits per heavy atom. The highest BCUT2D eigenvalue weighted by Crippen LogP contribution is 2.32. The van der Waals surface area contributed by atoms with E-state index in [1.54, 1.807) is 18.2 Å². The van der Waals surface area contributed by atoms with Crippen LogP contribution in [-0.2, 0) is 4.79 Å². The minimum absolute atomic E-state index is 0.232. The zero-order valence-electron chi connectivity index (χ0n) is 20.9. The molecule has 2 aliphatic rings. The number of pyridine rings is 1. The molecule has 1 aromatic carbocycles. The first-order chi connectivity index (χ1) is 18.5. The molecular weight excluding hydrogens is 488 g/mol. The van der Waals surface area contributed by atoms with Crippen molar-refractivity contribution in [3.05, 3.63) is 71.8 Å². The summed E-state index contributed by atoms with van der Waals surface area (Å²) in [5.74, 6) is 1.23. The lowest BCUT2D eigenvalue weighted by molar-refractivity contribution is -0.624. The predicted octanol–water partition coefficient (Wildman–Crippen LogP) is -0.300. The first kappa shape index (κ1) is 23.6. The number of piperazine rings is 1. The fourth-order valence-corrected chi connectivity index (χ4v) is 4.85. The van der Waals surface area contributed by atoms with Crippen LogP contribution in [0.5, 0.6) is 5.75 Å². The van der Waals surface area contributed by atoms with Gasteiger partial charge in [-0.05, 0) is 19.1 Å². The summed E-state index contributed by atoms with van der Waals surface area (Å²) in [5, 5.41) is 4.80. The summed E-state index contributed by atoms with van der Waals surface area (Å²) in [6.07, 6.45) is 4.58. The fourth-order valence-electron chi connectivity index (χ4n) is 4.85. The number of nitrogens with zero attached hydrogens (tertiary/aromatic N) is 6. The molecule has 0 aliphatic carbocycles. The van der Waals surface area contributed by atoms with Gasteiger partial charge in [0, 0.05) is 37.9 Å². The number of aromatic nitrogens is 5. The number of ketones is 1. The van der Waals surface area contributed by atoms with Gasteiger partial charge in [-0.2, -0.15) is 5.10 Å². The predicted molar refractivity (Wildman–Crippen MR) is 136 cm³/mol. The number of amides is 1. The Balaban J connectivity index is 1.22. The largest absolute Gasteiger partial charge is 0.494 e. The van der Waals surface area contributed by atoms with Crippen molar-refractivity contribution in [1.29, 1.82) is 0 Å². The van der Waals surface area contributed by atoms with Crippen LogP contribution in [0.4, 0.5) is 0 Å². The van der Waals surface area contributed by atoms with Gasteiger partial charge in [-0.15, -0.1) is 0 Å². The summed E-state index contributed by atoms with van der Waals surface area (Å²) in [6, 6.07) is 10.1. The summed E-state index contributed by atoms with van der Waals surface area (Å²) in [4.78, 5) is 42.2. The van der Waals surface area contributed by atoms with Crippen molar-refractivity contribution in [1.82, 2.24) is 45.5 Å². The Labute approximate surface area is 217 Å². The molecule has 2 aliphatic heterocycles. The molecule has 5 N–H and O–H groups in total. The number of H-pyrrole nitrogens is 1. The third kappa shape index (κ3) is 4.03. The van der Waals surface area contributed by atoms with Gasteiger partial charge in [0.2, 0.25) is 0 Å². The van der Waals surface area contributed by atoms with Crippen molar-refractivity contribution >= 4 is 28.3 Å². The third-order valence-corrected chi connectivity index (χ3v) is 6.77. The lowest BCUT2D eigenvalue weighted by Gasteiger charge is -2.35. The van der Waals surface area contributed by atoms with Crippen LogP contribution in [0.15, 0.2) is 54.9 Å². The number of carbonyl (C=O) groups is 2. The molecule has 1 amide bonds. The average Bonchev–Trinajstić information content (AvgIpc) is 3.72. The van der Waals surface area contributed by atoms with Gasteiger partial charge in [-0.25, -0.2) is 20.1 Å². The molecule has 0 radical (unpaired) electrons. The second-order valence-electron chi connectivity index (χ2n) is 8.99. The first-order valence-electron chi connectivity index (χ1n) is 12.2. The third-order valence-electron chi connectivity index (χ3n) is 6.77. The Kier molecular flexibility index (Phi) is 5.98. The number of hydrogen-bond donors (Lipinski definition) is 4. The summed E-state index contributed by atoms with van der Waals surface area (Å²) in [7, 11) is 1.50. The molecule has 0 saturated carbocycles. The second-order valence-corrected chi connectivity index (χ2v) is 8.99. The molecule has 194 valence electrons. The monoisotopic (exact) mass is 515 g/mol. The van der Waals surface area contributed by atoms with E-state index in [0.29, 0.717) is 54.5 Å². The topological polar surface area (TPSA) is 150 Å². The highest BCUT2D eigenvalue weighted by Gasteiger charge is 2.33. The normalized spacial score (nSPS) is 15.7. The van der Waals surface area contributed by atoms with Gasteiger partial charge in [-0.3, -0.25) is 15.0 Å². The Morgan fingerprint density at radius 2 is 1.87 bits per heavy atom. The van der Waals surface area contributed by atoms with Crippen LogP contribution < -0.4 is 21.1 Å². The number of quaternary nitrogens is 1. The van der Waals surface area contributed by atoms with Crippen LogP contribution in [0.1, 0.15) is 21.7 Å². The number of nitrogens with one attached hydrogen (secondary N) is 3. The minimum Gasteiger partial charge on any atom is -0.494 e. The standard InChI is InChI=1S/C25H26N10O3/c1-15-28-14-35(31-15)23-21-19(18(38-2)13-27-23)17(12-26-21)22(36)25(37)34-10-8-33(9-11-34)24-20(29-32-30-24)16-6-4-3-5-7-16/h3-7,12-14,26,29-30,32H,8-11H2,1-2H3/p+1. The number of aryl methyl sites for hydroxylation is 1. The molecule has 0 atom stereocenters. The highest BCUT2D eigenvalue weighted by molar-refractivity contribution is 6.45. The number of ether oxygens (including phenoxy) is 1. The van der Waals surface area contributed by atoms with Crippen LogP contribution in [0.3, 0.4) is 0 Å². The molecule has 38 heavy (non-hydrogen) atoms. The number of carbonyl (C=O) groups excluding carboxylic acids is 2. The number of fused-ring (bicyclic) bond motifs is 1. The van der Waals surface area contributed by atoms with Gasteiger partial charge >= 0.3 is 0 Å². The van der Waals surface area contributed by atoms with E-state index in [2.05, 4.69) is 48.0 Å². The molecule has 13 heteroatoms. The zero-order chi connectivity index (χ0) is 26.2. The van der Waals surface area contributed by atoms with Crippen LogP contribution in [0, 0.1) is 6.92 Å². The summed E-state index contributed by atoms with van der Waals surface area (Å²) < 4.78 is 7.00. The SMILES string of the molecule is COc1cnc(-n2cnc(C)n2)c2[nH]cc(C(=O)C(=O)N3CCN(C4=C(c5ccccc5)[NH2+]NN4)CC3)c12. The number of hydrazine groups is 1. The van der Waals surface area contributed by atoms with Crippen LogP contribution in [0.2, 0.25) is 0 Å². The minimum atomic E-state index is -0.604. The van der Waals surface area contributed by atoms with Gasteiger partial charge in [0.25, 0.3) is 11.7 Å². The number of Topliss-reactive ketones (excluding diaryl/α,β-unsaturated/α-hetero) is 1. The Bertz CT molecular complexity index is 1550. The maximum absolute atomic E-state index is 13.4. The van der Waals surface area contributed by atoms with E-state index in [1.807, 2.05) is 23.6 Å². The zero-order valence-corrected chi connectivity index (χ0v) is 20.9. The van der Waals surface area contributed by atoms with Crippen molar-refractivity contribution in [2.24, 2.45) is 0 Å². The number of methoxy groups -OCH3 is 1. The fraction of sp³-hybridized carbons (Fsp3) is 0.240. The number of benzene rings is 1. The molecular formula is C25H27N10O3+. The summed E-state index contributed by atoms with van der Waals surface area (Å²) in [5.41, 5.74) is 11.1. The molecule has 1 fully saturated rings. The van der Waals surface area contributed by atoms with Crippen molar-refractivity contribution in [3.8, 4) is 11.6 Å². The van der Waals surface area contributed by atoms with E-state index < -0.39 is 11.7 Å². The lowest BCUT2D eigenvalue weighted by atomic mass is 10.1. The van der Waals surface area contributed by atoms with E-state index in [0.717, 1.165) is 17.1 Å². The Morgan fingerprint density at radius 3 is 2.58 bits per heavy atom. The van der Waals surface area contributed by atoms with Gasteiger partial charge < -0.3 is 19.5 Å². The maximum Gasteiger partial charge on any atom is 0.295 e. The van der Waals surface area contributed by atoms with Gasteiger partial charge in [-0.1, -0.05) is 23.7 Å². The van der Waals surface area contributed by atoms with Gasteiger partial charge in [0.05, 0.1) is 29.8 Å². The van der Waals surface area contributed by atoms with Gasteiger partial charge in [0.15, 0.2) is 17.3 Å². The molecule has 3 aromatic heterocycles. The van der Waals surface area contributed by atoms with E-state index in [1.165, 1.54) is 24.2 Å². The highest BCUT2D eigenvalue weighted by atomic mass is 16.5. The van der Waals surface area contributed by atoms with E-state index in [9.17, 15) is 9.59 Å². The number of aromatic amines is 1. The van der Waals surface area contributed by atoms with E-state index in [4.69, 9.17) is 4.74 Å². The smallest absolute Gasteiger partial charge is 0.295 e. The van der Waals surface area contributed by atoms with Crippen LogP contribution in [-0.4, -0.2) is 79.5 Å². The maximum atomic E-state index is 13.4. The number of hydrogen-bond acceptors (Lipinski definition) is 9. The van der Waals surface area contributed by atoms with Crippen molar-refractivity contribution in [3.63, 3.8) is 0 Å². The molecule has 0 unspecified atom stereocenters. The molecule has 6 rings (SSSR count). The molecule has 0 bridgehead atoms. The van der Waals surface area contributed by atoms with Crippen LogP contribution in [0.25, 0.3) is 22.4 Å². The lowest BCUT2D eigenvalue weighted by Crippen LogP contribution is -2.89. The number of rotatable bonds is 6. The molecule has 13 nitrogen and oxygen atoms in total. The Hall–Kier alpha value is -4.75. The van der Waals surface area contributed by atoms with Crippen molar-refractivity contribution in [2.75, 3.05) is 33.3 Å². The van der Waals surface area contributed by atoms with Crippen molar-refractivity contribution < 1.29 is 19.8 Å². The molecule has 0 spiro atoms. The quantitative estimate of drug-likeness (QED) is 0.154. The molecule has 1 saturated heterocycles. The molecule has 4 aromatic rings. The van der Waals surface area contributed by atoms with E-state index >= 15 is 0 Å². The van der Waals surface area contributed by atoms with Gasteiger partial charge in [0.1, 0.15) is 17.9 Å². The summed E-state index contributed by atoms with van der Waals surface area (Å²) in [6.45, 7) is 3.79. The van der Waals surface area contributed by atoms with Crippen LogP contribution >= 0.6 is 0 Å². The van der Waals surface area contributed by atoms with E-state index in [-0.39, 0.29) is 5.56 Å². The molecule has 5 heterocycles. The average molecular weight is 516 g/mol. The second kappa shape index (κ2) is 9.61. The summed E-state index contributed by atoms with van der Waals surface area (Å²) >= 11 is 0.